The van der Waals surface area contributed by atoms with Crippen LogP contribution in [0.4, 0.5) is 5.69 Å². The number of hydrogen-bond acceptors (Lipinski definition) is 5. The SMILES string of the molecule is CCCCOC[C@@H]1CC[C@H](c2csc(C#N)c2N)O1. The zero-order valence-electron chi connectivity index (χ0n) is 11.2. The highest BCUT2D eigenvalue weighted by molar-refractivity contribution is 7.11. The molecule has 0 unspecified atom stereocenters. The van der Waals surface area contributed by atoms with Gasteiger partial charge in [0.25, 0.3) is 0 Å². The summed E-state index contributed by atoms with van der Waals surface area (Å²) in [5, 5.41) is 10.9. The lowest BCUT2D eigenvalue weighted by molar-refractivity contribution is -0.0159. The number of hydrogen-bond donors (Lipinski definition) is 1. The highest BCUT2D eigenvalue weighted by atomic mass is 32.1. The Morgan fingerprint density at radius 2 is 2.42 bits per heavy atom. The summed E-state index contributed by atoms with van der Waals surface area (Å²) < 4.78 is 11.6. The van der Waals surface area contributed by atoms with Crippen molar-refractivity contribution in [2.24, 2.45) is 0 Å². The summed E-state index contributed by atoms with van der Waals surface area (Å²) in [6.07, 6.45) is 4.38. The van der Waals surface area contributed by atoms with Crippen molar-refractivity contribution in [3.05, 3.63) is 15.8 Å². The summed E-state index contributed by atoms with van der Waals surface area (Å²) in [4.78, 5) is 0.584. The van der Waals surface area contributed by atoms with Gasteiger partial charge in [0.05, 0.1) is 24.5 Å². The first kappa shape index (κ1) is 14.3. The zero-order valence-corrected chi connectivity index (χ0v) is 12.0. The number of ether oxygens (including phenoxy) is 2. The van der Waals surface area contributed by atoms with E-state index in [1.54, 1.807) is 0 Å². The maximum absolute atomic E-state index is 8.91. The average molecular weight is 280 g/mol. The fourth-order valence-corrected chi connectivity index (χ4v) is 3.06. The molecule has 2 N–H and O–H groups in total. The first-order valence-electron chi connectivity index (χ1n) is 6.76. The predicted molar refractivity (Wildman–Crippen MR) is 76.0 cm³/mol. The fourth-order valence-electron chi connectivity index (χ4n) is 2.23. The maximum Gasteiger partial charge on any atom is 0.128 e. The summed E-state index contributed by atoms with van der Waals surface area (Å²) in [7, 11) is 0. The van der Waals surface area contributed by atoms with Gasteiger partial charge in [0, 0.05) is 17.6 Å². The van der Waals surface area contributed by atoms with Crippen molar-refractivity contribution in [2.75, 3.05) is 18.9 Å². The summed E-state index contributed by atoms with van der Waals surface area (Å²) in [6.45, 7) is 3.61. The minimum absolute atomic E-state index is 0.0260. The molecule has 2 atom stereocenters. The van der Waals surface area contributed by atoms with E-state index in [-0.39, 0.29) is 12.2 Å². The lowest BCUT2D eigenvalue weighted by Crippen LogP contribution is -2.15. The van der Waals surface area contributed by atoms with Crippen molar-refractivity contribution >= 4 is 17.0 Å². The maximum atomic E-state index is 8.91. The highest BCUT2D eigenvalue weighted by Gasteiger charge is 2.29. The molecule has 0 aliphatic carbocycles. The van der Waals surface area contributed by atoms with E-state index in [4.69, 9.17) is 20.5 Å². The second-order valence-electron chi connectivity index (χ2n) is 4.80. The lowest BCUT2D eigenvalue weighted by atomic mass is 10.1. The van der Waals surface area contributed by atoms with Crippen LogP contribution in [0.1, 0.15) is 49.2 Å². The van der Waals surface area contributed by atoms with Gasteiger partial charge in [0.15, 0.2) is 0 Å². The Labute approximate surface area is 118 Å². The number of unbranched alkanes of at least 4 members (excludes halogenated alkanes) is 1. The molecule has 19 heavy (non-hydrogen) atoms. The molecule has 5 heteroatoms. The largest absolute Gasteiger partial charge is 0.397 e. The topological polar surface area (TPSA) is 68.3 Å². The number of thiophene rings is 1. The van der Waals surface area contributed by atoms with Crippen molar-refractivity contribution < 1.29 is 9.47 Å². The van der Waals surface area contributed by atoms with Gasteiger partial charge >= 0.3 is 0 Å². The van der Waals surface area contributed by atoms with Crippen molar-refractivity contribution in [3.63, 3.8) is 0 Å². The van der Waals surface area contributed by atoms with Crippen molar-refractivity contribution in [3.8, 4) is 6.07 Å². The van der Waals surface area contributed by atoms with Crippen molar-refractivity contribution in [2.45, 2.75) is 44.8 Å². The van der Waals surface area contributed by atoms with E-state index in [2.05, 4.69) is 13.0 Å². The van der Waals surface area contributed by atoms with E-state index in [1.807, 2.05) is 5.38 Å². The predicted octanol–water partition coefficient (Wildman–Crippen LogP) is 3.24. The van der Waals surface area contributed by atoms with Crippen molar-refractivity contribution in [1.82, 2.24) is 0 Å². The lowest BCUT2D eigenvalue weighted by Gasteiger charge is -2.14. The summed E-state index contributed by atoms with van der Waals surface area (Å²) >= 11 is 1.39. The molecule has 1 aliphatic heterocycles. The molecule has 1 aromatic rings. The van der Waals surface area contributed by atoms with Gasteiger partial charge in [0.2, 0.25) is 0 Å². The minimum Gasteiger partial charge on any atom is -0.397 e. The highest BCUT2D eigenvalue weighted by Crippen LogP contribution is 2.39. The number of rotatable bonds is 6. The molecule has 2 rings (SSSR count). The molecule has 0 amide bonds. The van der Waals surface area contributed by atoms with Crippen molar-refractivity contribution in [1.29, 1.82) is 5.26 Å². The normalized spacial score (nSPS) is 22.5. The number of anilines is 1. The van der Waals surface area contributed by atoms with Gasteiger partial charge in [-0.15, -0.1) is 11.3 Å². The minimum atomic E-state index is 0.0260. The zero-order chi connectivity index (χ0) is 13.7. The van der Waals surface area contributed by atoms with Gasteiger partial charge in [-0.1, -0.05) is 13.3 Å². The molecule has 1 fully saturated rings. The number of nitrogens with zero attached hydrogens (tertiary/aromatic N) is 1. The van der Waals surface area contributed by atoms with Gasteiger partial charge in [-0.3, -0.25) is 0 Å². The van der Waals surface area contributed by atoms with E-state index in [0.29, 0.717) is 17.2 Å². The first-order valence-corrected chi connectivity index (χ1v) is 7.64. The Morgan fingerprint density at radius 3 is 3.11 bits per heavy atom. The second kappa shape index (κ2) is 6.90. The monoisotopic (exact) mass is 280 g/mol. The first-order chi connectivity index (χ1) is 9.26. The molecule has 1 aliphatic rings. The number of nitrogen functional groups attached to an aromatic ring is 1. The fraction of sp³-hybridized carbons (Fsp3) is 0.643. The third-order valence-corrected chi connectivity index (χ3v) is 4.28. The van der Waals surface area contributed by atoms with Gasteiger partial charge in [-0.05, 0) is 19.3 Å². The van der Waals surface area contributed by atoms with Crippen LogP contribution in [-0.2, 0) is 9.47 Å². The Balaban J connectivity index is 1.84. The molecule has 0 bridgehead atoms. The van der Waals surface area contributed by atoms with Gasteiger partial charge in [0.1, 0.15) is 10.9 Å². The van der Waals surface area contributed by atoms with Crippen LogP contribution in [0.25, 0.3) is 0 Å². The molecule has 2 heterocycles. The molecule has 0 spiro atoms. The van der Waals surface area contributed by atoms with Crippen LogP contribution in [0.5, 0.6) is 0 Å². The van der Waals surface area contributed by atoms with Crippen LogP contribution in [0.3, 0.4) is 0 Å². The van der Waals surface area contributed by atoms with Gasteiger partial charge in [-0.2, -0.15) is 5.26 Å². The van der Waals surface area contributed by atoms with Crippen LogP contribution in [0.15, 0.2) is 5.38 Å². The third kappa shape index (κ3) is 3.47. The van der Waals surface area contributed by atoms with E-state index in [9.17, 15) is 0 Å². The molecule has 0 radical (unpaired) electrons. The summed E-state index contributed by atoms with van der Waals surface area (Å²) in [5.74, 6) is 0. The Kier molecular flexibility index (Phi) is 5.20. The molecular weight excluding hydrogens is 260 g/mol. The van der Waals surface area contributed by atoms with Gasteiger partial charge in [-0.25, -0.2) is 0 Å². The molecule has 104 valence electrons. The molecule has 0 aromatic carbocycles. The van der Waals surface area contributed by atoms with E-state index < -0.39 is 0 Å². The van der Waals surface area contributed by atoms with Gasteiger partial charge < -0.3 is 15.2 Å². The number of nitriles is 1. The molecule has 1 aromatic heterocycles. The second-order valence-corrected chi connectivity index (χ2v) is 5.68. The average Bonchev–Trinajstić information content (AvgIpc) is 3.01. The van der Waals surface area contributed by atoms with Crippen LogP contribution >= 0.6 is 11.3 Å². The molecular formula is C14H20N2O2S. The Hall–Kier alpha value is -1.09. The Morgan fingerprint density at radius 1 is 1.58 bits per heavy atom. The molecule has 1 saturated heterocycles. The summed E-state index contributed by atoms with van der Waals surface area (Å²) in [5.41, 5.74) is 7.51. The van der Waals surface area contributed by atoms with Crippen LogP contribution in [0, 0.1) is 11.3 Å². The summed E-state index contributed by atoms with van der Waals surface area (Å²) in [6, 6.07) is 2.11. The smallest absolute Gasteiger partial charge is 0.128 e. The van der Waals surface area contributed by atoms with E-state index in [0.717, 1.165) is 37.9 Å². The molecule has 0 saturated carbocycles. The van der Waals surface area contributed by atoms with E-state index in [1.165, 1.54) is 11.3 Å². The molecule has 4 nitrogen and oxygen atoms in total. The van der Waals surface area contributed by atoms with Crippen LogP contribution in [-0.4, -0.2) is 19.3 Å². The van der Waals surface area contributed by atoms with E-state index >= 15 is 0 Å². The Bertz CT molecular complexity index is 453. The van der Waals surface area contributed by atoms with Crippen LogP contribution < -0.4 is 5.73 Å². The third-order valence-electron chi connectivity index (χ3n) is 3.36. The van der Waals surface area contributed by atoms with Crippen LogP contribution in [0.2, 0.25) is 0 Å². The standard InChI is InChI=1S/C14H20N2O2S/c1-2-3-6-17-8-10-4-5-12(18-10)11-9-19-13(7-15)14(11)16/h9-10,12H,2-6,8,16H2,1H3/t10-,12+/m0/s1. The quantitative estimate of drug-likeness (QED) is 0.812. The number of nitrogens with two attached hydrogens (primary N) is 1.